The van der Waals surface area contributed by atoms with Crippen LogP contribution in [0.3, 0.4) is 0 Å². The first-order valence-electron chi connectivity index (χ1n) is 4.29. The second-order valence-electron chi connectivity index (χ2n) is 3.44. The molecular weight excluding hydrogens is 158 g/mol. The molecule has 2 unspecified atom stereocenters. The van der Waals surface area contributed by atoms with Crippen LogP contribution < -0.4 is 5.73 Å². The minimum atomic E-state index is 0.194. The molecule has 0 amide bonds. The molecule has 0 radical (unpaired) electrons. The number of nitrogens with two attached hydrogens (primary N) is 1. The van der Waals surface area contributed by atoms with E-state index in [2.05, 4.69) is 0 Å². The fourth-order valence-corrected chi connectivity index (χ4v) is 3.56. The van der Waals surface area contributed by atoms with Gasteiger partial charge in [0.15, 0.2) is 0 Å². The molecule has 2 N–H and O–H groups in total. The zero-order valence-corrected chi connectivity index (χ0v) is 7.53. The lowest BCUT2D eigenvalue weighted by atomic mass is 9.87. The summed E-state index contributed by atoms with van der Waals surface area (Å²) in [7, 11) is 0. The standard InChI is InChI=1S/C8H15NOS/c9-5-7-1-3-10-8(7)2-4-11-6-8/h7H,1-6,9H2. The third-order valence-corrected chi connectivity index (χ3v) is 4.09. The quantitative estimate of drug-likeness (QED) is 0.638. The summed E-state index contributed by atoms with van der Waals surface area (Å²) in [5.41, 5.74) is 5.89. The molecule has 0 aromatic heterocycles. The minimum Gasteiger partial charge on any atom is -0.374 e. The van der Waals surface area contributed by atoms with Gasteiger partial charge in [0.1, 0.15) is 0 Å². The Hall–Kier alpha value is 0.270. The van der Waals surface area contributed by atoms with Gasteiger partial charge in [-0.1, -0.05) is 0 Å². The lowest BCUT2D eigenvalue weighted by molar-refractivity contribution is 0.00354. The predicted molar refractivity (Wildman–Crippen MR) is 47.8 cm³/mol. The van der Waals surface area contributed by atoms with Gasteiger partial charge in [-0.2, -0.15) is 11.8 Å². The number of ether oxygens (including phenoxy) is 1. The molecule has 0 bridgehead atoms. The highest BCUT2D eigenvalue weighted by atomic mass is 32.2. The second kappa shape index (κ2) is 2.96. The fourth-order valence-electron chi connectivity index (χ4n) is 2.12. The van der Waals surface area contributed by atoms with E-state index in [1.54, 1.807) is 0 Å². The molecule has 2 fully saturated rings. The Morgan fingerprint density at radius 1 is 1.64 bits per heavy atom. The monoisotopic (exact) mass is 173 g/mol. The number of rotatable bonds is 1. The molecule has 0 aromatic rings. The lowest BCUT2D eigenvalue weighted by Crippen LogP contribution is -2.38. The van der Waals surface area contributed by atoms with Gasteiger partial charge < -0.3 is 10.5 Å². The molecule has 3 heteroatoms. The SMILES string of the molecule is NCC1CCOC12CCSC2. The van der Waals surface area contributed by atoms with E-state index in [1.165, 1.54) is 24.3 Å². The summed E-state index contributed by atoms with van der Waals surface area (Å²) in [6, 6.07) is 0. The summed E-state index contributed by atoms with van der Waals surface area (Å²) in [5.74, 6) is 3.07. The van der Waals surface area contributed by atoms with Gasteiger partial charge in [-0.05, 0) is 25.1 Å². The third-order valence-electron chi connectivity index (χ3n) is 2.90. The summed E-state index contributed by atoms with van der Waals surface area (Å²) >= 11 is 2.01. The lowest BCUT2D eigenvalue weighted by Gasteiger charge is -2.27. The van der Waals surface area contributed by atoms with Crippen LogP contribution in [-0.2, 0) is 4.74 Å². The van der Waals surface area contributed by atoms with E-state index in [0.717, 1.165) is 13.2 Å². The summed E-state index contributed by atoms with van der Waals surface area (Å²) in [6.45, 7) is 1.74. The van der Waals surface area contributed by atoms with E-state index >= 15 is 0 Å². The van der Waals surface area contributed by atoms with Gasteiger partial charge >= 0.3 is 0 Å². The number of hydrogen-bond donors (Lipinski definition) is 1. The maximum absolute atomic E-state index is 5.80. The molecule has 2 atom stereocenters. The van der Waals surface area contributed by atoms with Crippen LogP contribution in [0.4, 0.5) is 0 Å². The Kier molecular flexibility index (Phi) is 2.12. The van der Waals surface area contributed by atoms with Gasteiger partial charge in [-0.25, -0.2) is 0 Å². The zero-order chi connectivity index (χ0) is 7.73. The van der Waals surface area contributed by atoms with Crippen LogP contribution in [0.2, 0.25) is 0 Å². The van der Waals surface area contributed by atoms with Crippen LogP contribution in [0.1, 0.15) is 12.8 Å². The molecule has 1 spiro atoms. The van der Waals surface area contributed by atoms with Gasteiger partial charge in [-0.3, -0.25) is 0 Å². The van der Waals surface area contributed by atoms with Crippen molar-refractivity contribution in [3.63, 3.8) is 0 Å². The Bertz CT molecular complexity index is 140. The van der Waals surface area contributed by atoms with Gasteiger partial charge in [0.25, 0.3) is 0 Å². The van der Waals surface area contributed by atoms with Gasteiger partial charge in [-0.15, -0.1) is 0 Å². The molecule has 0 saturated carbocycles. The number of hydrogen-bond acceptors (Lipinski definition) is 3. The molecule has 2 aliphatic rings. The highest BCUT2D eigenvalue weighted by molar-refractivity contribution is 7.99. The molecule has 0 aromatic carbocycles. The average molecular weight is 173 g/mol. The van der Waals surface area contributed by atoms with Gasteiger partial charge in [0.05, 0.1) is 5.60 Å². The fraction of sp³-hybridized carbons (Fsp3) is 1.00. The third kappa shape index (κ3) is 1.19. The van der Waals surface area contributed by atoms with Gasteiger partial charge in [0, 0.05) is 18.3 Å². The summed E-state index contributed by atoms with van der Waals surface area (Å²) < 4.78 is 5.80. The predicted octanol–water partition coefficient (Wildman–Crippen LogP) is 0.857. The molecular formula is C8H15NOS. The zero-order valence-electron chi connectivity index (χ0n) is 6.71. The van der Waals surface area contributed by atoms with Crippen molar-refractivity contribution < 1.29 is 4.74 Å². The van der Waals surface area contributed by atoms with Crippen molar-refractivity contribution >= 4 is 11.8 Å². The average Bonchev–Trinajstić information content (AvgIpc) is 2.62. The topological polar surface area (TPSA) is 35.2 Å². The minimum absolute atomic E-state index is 0.194. The van der Waals surface area contributed by atoms with Crippen molar-refractivity contribution in [3.8, 4) is 0 Å². The molecule has 2 heterocycles. The Morgan fingerprint density at radius 2 is 2.55 bits per heavy atom. The van der Waals surface area contributed by atoms with Crippen molar-refractivity contribution in [2.75, 3.05) is 24.7 Å². The first kappa shape index (κ1) is 7.90. The van der Waals surface area contributed by atoms with Crippen LogP contribution >= 0.6 is 11.8 Å². The van der Waals surface area contributed by atoms with E-state index in [0.29, 0.717) is 5.92 Å². The molecule has 2 nitrogen and oxygen atoms in total. The second-order valence-corrected chi connectivity index (χ2v) is 4.54. The van der Waals surface area contributed by atoms with Crippen molar-refractivity contribution in [3.05, 3.63) is 0 Å². The van der Waals surface area contributed by atoms with Crippen LogP contribution in [-0.4, -0.2) is 30.3 Å². The molecule has 11 heavy (non-hydrogen) atoms. The Labute approximate surface area is 71.9 Å². The number of thioether (sulfide) groups is 1. The van der Waals surface area contributed by atoms with Crippen LogP contribution in [0.5, 0.6) is 0 Å². The summed E-state index contributed by atoms with van der Waals surface area (Å²) in [4.78, 5) is 0. The van der Waals surface area contributed by atoms with E-state index in [4.69, 9.17) is 10.5 Å². The Balaban J connectivity index is 2.09. The first-order chi connectivity index (χ1) is 5.37. The normalized spacial score (nSPS) is 43.9. The van der Waals surface area contributed by atoms with Crippen molar-refractivity contribution in [2.45, 2.75) is 18.4 Å². The van der Waals surface area contributed by atoms with Gasteiger partial charge in [0.2, 0.25) is 0 Å². The smallest absolute Gasteiger partial charge is 0.0821 e. The Morgan fingerprint density at radius 3 is 3.18 bits per heavy atom. The van der Waals surface area contributed by atoms with Crippen molar-refractivity contribution in [1.82, 2.24) is 0 Å². The summed E-state index contributed by atoms with van der Waals surface area (Å²) in [6.07, 6.45) is 2.40. The van der Waals surface area contributed by atoms with E-state index in [1.807, 2.05) is 11.8 Å². The van der Waals surface area contributed by atoms with Crippen LogP contribution in [0.15, 0.2) is 0 Å². The summed E-state index contributed by atoms with van der Waals surface area (Å²) in [5, 5.41) is 0. The van der Waals surface area contributed by atoms with Crippen LogP contribution in [0, 0.1) is 5.92 Å². The first-order valence-corrected chi connectivity index (χ1v) is 5.45. The molecule has 64 valence electrons. The van der Waals surface area contributed by atoms with E-state index < -0.39 is 0 Å². The molecule has 0 aliphatic carbocycles. The van der Waals surface area contributed by atoms with Crippen LogP contribution in [0.25, 0.3) is 0 Å². The van der Waals surface area contributed by atoms with E-state index in [9.17, 15) is 0 Å². The maximum Gasteiger partial charge on any atom is 0.0821 e. The van der Waals surface area contributed by atoms with Crippen molar-refractivity contribution in [1.29, 1.82) is 0 Å². The molecule has 2 aliphatic heterocycles. The highest BCUT2D eigenvalue weighted by Crippen LogP contribution is 2.42. The maximum atomic E-state index is 5.80. The highest BCUT2D eigenvalue weighted by Gasteiger charge is 2.45. The van der Waals surface area contributed by atoms with Crippen molar-refractivity contribution in [2.24, 2.45) is 11.7 Å². The largest absolute Gasteiger partial charge is 0.374 e. The molecule has 2 rings (SSSR count). The molecule has 2 saturated heterocycles. The van der Waals surface area contributed by atoms with E-state index in [-0.39, 0.29) is 5.60 Å².